The second-order valence-electron chi connectivity index (χ2n) is 9.42. The van der Waals surface area contributed by atoms with E-state index in [1.807, 2.05) is 0 Å². The molecule has 0 aromatic heterocycles. The normalized spacial score (nSPS) is 13.2. The quantitative estimate of drug-likeness (QED) is 0.138. The molecule has 0 aliphatic carbocycles. The van der Waals surface area contributed by atoms with Crippen LogP contribution in [0.15, 0.2) is 0 Å². The van der Waals surface area contributed by atoms with Crippen molar-refractivity contribution < 1.29 is 4.43 Å². The molecule has 0 radical (unpaired) electrons. The number of hydrogen-bond donors (Lipinski definition) is 0. The van der Waals surface area contributed by atoms with Gasteiger partial charge in [0.15, 0.2) is 8.32 Å². The lowest BCUT2D eigenvalue weighted by molar-refractivity contribution is 0.162. The van der Waals surface area contributed by atoms with Gasteiger partial charge in [-0.2, -0.15) is 0 Å². The molecule has 27 heavy (non-hydrogen) atoms. The number of hydrogen-bond acceptors (Lipinski definition) is 1. The maximum absolute atomic E-state index is 6.80. The molecule has 0 amide bonds. The molecule has 0 aromatic carbocycles. The van der Waals surface area contributed by atoms with Crippen LogP contribution in [-0.4, -0.2) is 14.4 Å². The van der Waals surface area contributed by atoms with E-state index in [2.05, 4.69) is 33.9 Å². The Kier molecular flexibility index (Phi) is 19.6. The van der Waals surface area contributed by atoms with Gasteiger partial charge in [-0.05, 0) is 32.0 Å². The van der Waals surface area contributed by atoms with E-state index < -0.39 is 8.32 Å². The van der Waals surface area contributed by atoms with E-state index in [0.29, 0.717) is 6.10 Å². The SMILES string of the molecule is CCCCCCCCCC(CCCCC)O[Si](C)(C)CCCCCCCC. The van der Waals surface area contributed by atoms with E-state index in [0.717, 1.165) is 0 Å². The topological polar surface area (TPSA) is 9.23 Å². The minimum atomic E-state index is -1.48. The van der Waals surface area contributed by atoms with Gasteiger partial charge in [0.05, 0.1) is 0 Å². The first-order valence-corrected chi connectivity index (χ1v) is 15.8. The van der Waals surface area contributed by atoms with Crippen molar-refractivity contribution in [1.82, 2.24) is 0 Å². The first kappa shape index (κ1) is 27.2. The van der Waals surface area contributed by atoms with Crippen molar-refractivity contribution in [2.45, 2.75) is 162 Å². The Morgan fingerprint density at radius 1 is 0.519 bits per heavy atom. The summed E-state index contributed by atoms with van der Waals surface area (Å²) in [6.07, 6.45) is 25.5. The molecule has 0 aliphatic heterocycles. The maximum Gasteiger partial charge on any atom is 0.187 e. The van der Waals surface area contributed by atoms with Gasteiger partial charge in [-0.3, -0.25) is 0 Å². The average molecular weight is 399 g/mol. The lowest BCUT2D eigenvalue weighted by atomic mass is 10.0. The summed E-state index contributed by atoms with van der Waals surface area (Å²) in [5, 5.41) is 0. The summed E-state index contributed by atoms with van der Waals surface area (Å²) in [6.45, 7) is 11.8. The molecule has 0 saturated carbocycles. The highest BCUT2D eigenvalue weighted by atomic mass is 28.4. The molecule has 0 aromatic rings. The van der Waals surface area contributed by atoms with Crippen LogP contribution in [0.4, 0.5) is 0 Å². The molecule has 0 rings (SSSR count). The summed E-state index contributed by atoms with van der Waals surface area (Å²) in [6, 6.07) is 1.36. The van der Waals surface area contributed by atoms with E-state index in [-0.39, 0.29) is 0 Å². The van der Waals surface area contributed by atoms with Gasteiger partial charge in [-0.15, -0.1) is 0 Å². The molecule has 2 heteroatoms. The number of rotatable bonds is 21. The van der Waals surface area contributed by atoms with Crippen LogP contribution >= 0.6 is 0 Å². The molecule has 0 bridgehead atoms. The predicted octanol–water partition coefficient (Wildman–Crippen LogP) is 9.66. The zero-order valence-electron chi connectivity index (χ0n) is 19.9. The molecular formula is C25H54OSi. The van der Waals surface area contributed by atoms with Gasteiger partial charge in [0.1, 0.15) is 0 Å². The molecule has 0 fully saturated rings. The third-order valence-electron chi connectivity index (χ3n) is 5.88. The van der Waals surface area contributed by atoms with Crippen LogP contribution in [0, 0.1) is 0 Å². The third-order valence-corrected chi connectivity index (χ3v) is 8.41. The molecular weight excluding hydrogens is 344 g/mol. The zero-order chi connectivity index (χ0) is 20.2. The lowest BCUT2D eigenvalue weighted by Gasteiger charge is -2.30. The number of unbranched alkanes of at least 4 members (excludes halogenated alkanes) is 13. The Balaban J connectivity index is 4.07. The standard InChI is InChI=1S/C25H54OSi/c1-6-9-12-14-16-17-20-23-25(22-19-11-8-3)26-27(4,5)24-21-18-15-13-10-7-2/h25H,6-24H2,1-5H3. The van der Waals surface area contributed by atoms with Crippen LogP contribution in [0.2, 0.25) is 19.1 Å². The molecule has 1 unspecified atom stereocenters. The Morgan fingerprint density at radius 3 is 1.41 bits per heavy atom. The van der Waals surface area contributed by atoms with Crippen molar-refractivity contribution >= 4 is 8.32 Å². The van der Waals surface area contributed by atoms with Gasteiger partial charge in [-0.1, -0.05) is 124 Å². The smallest absolute Gasteiger partial charge is 0.187 e. The Bertz CT molecular complexity index is 290. The van der Waals surface area contributed by atoms with E-state index >= 15 is 0 Å². The molecule has 0 saturated heterocycles. The minimum absolute atomic E-state index is 0.550. The monoisotopic (exact) mass is 398 g/mol. The van der Waals surface area contributed by atoms with Crippen LogP contribution in [-0.2, 0) is 4.43 Å². The van der Waals surface area contributed by atoms with E-state index in [4.69, 9.17) is 4.43 Å². The van der Waals surface area contributed by atoms with Crippen molar-refractivity contribution in [2.75, 3.05) is 0 Å². The molecule has 0 spiro atoms. The predicted molar refractivity (Wildman–Crippen MR) is 127 cm³/mol. The van der Waals surface area contributed by atoms with Crippen molar-refractivity contribution in [3.8, 4) is 0 Å². The molecule has 0 aliphatic rings. The van der Waals surface area contributed by atoms with Gasteiger partial charge >= 0.3 is 0 Å². The zero-order valence-corrected chi connectivity index (χ0v) is 20.9. The first-order chi connectivity index (χ1) is 13.1. The molecule has 1 atom stereocenters. The fraction of sp³-hybridized carbons (Fsp3) is 1.00. The van der Waals surface area contributed by atoms with Gasteiger partial charge in [0, 0.05) is 6.10 Å². The lowest BCUT2D eigenvalue weighted by Crippen LogP contribution is -2.35. The summed E-state index contributed by atoms with van der Waals surface area (Å²) in [7, 11) is -1.48. The second-order valence-corrected chi connectivity index (χ2v) is 13.7. The summed E-state index contributed by atoms with van der Waals surface area (Å²) in [5.74, 6) is 0. The third kappa shape index (κ3) is 19.3. The maximum atomic E-state index is 6.80. The van der Waals surface area contributed by atoms with Crippen molar-refractivity contribution in [3.05, 3.63) is 0 Å². The highest BCUT2D eigenvalue weighted by Crippen LogP contribution is 2.24. The Morgan fingerprint density at radius 2 is 0.889 bits per heavy atom. The van der Waals surface area contributed by atoms with Crippen LogP contribution < -0.4 is 0 Å². The summed E-state index contributed by atoms with van der Waals surface area (Å²) in [4.78, 5) is 0. The van der Waals surface area contributed by atoms with Crippen molar-refractivity contribution in [2.24, 2.45) is 0 Å². The van der Waals surface area contributed by atoms with E-state index in [1.165, 1.54) is 122 Å². The summed E-state index contributed by atoms with van der Waals surface area (Å²) >= 11 is 0. The average Bonchev–Trinajstić information content (AvgIpc) is 2.63. The Hall–Kier alpha value is 0.177. The molecule has 1 nitrogen and oxygen atoms in total. The van der Waals surface area contributed by atoms with Crippen molar-refractivity contribution in [3.63, 3.8) is 0 Å². The molecule has 0 heterocycles. The molecule has 164 valence electrons. The van der Waals surface area contributed by atoms with Gasteiger partial charge in [0.25, 0.3) is 0 Å². The van der Waals surface area contributed by atoms with E-state index in [9.17, 15) is 0 Å². The second kappa shape index (κ2) is 19.5. The van der Waals surface area contributed by atoms with Crippen molar-refractivity contribution in [1.29, 1.82) is 0 Å². The van der Waals surface area contributed by atoms with Gasteiger partial charge in [0.2, 0.25) is 0 Å². The minimum Gasteiger partial charge on any atom is -0.414 e. The summed E-state index contributed by atoms with van der Waals surface area (Å²) in [5.41, 5.74) is 0. The van der Waals surface area contributed by atoms with Crippen LogP contribution in [0.1, 0.15) is 136 Å². The van der Waals surface area contributed by atoms with Gasteiger partial charge < -0.3 is 4.43 Å². The highest BCUT2D eigenvalue weighted by molar-refractivity contribution is 6.71. The first-order valence-electron chi connectivity index (χ1n) is 12.7. The van der Waals surface area contributed by atoms with Gasteiger partial charge in [-0.25, -0.2) is 0 Å². The highest BCUT2D eigenvalue weighted by Gasteiger charge is 2.25. The largest absolute Gasteiger partial charge is 0.414 e. The fourth-order valence-electron chi connectivity index (χ4n) is 4.05. The van der Waals surface area contributed by atoms with E-state index in [1.54, 1.807) is 0 Å². The van der Waals surface area contributed by atoms with Crippen LogP contribution in [0.5, 0.6) is 0 Å². The van der Waals surface area contributed by atoms with Crippen LogP contribution in [0.3, 0.4) is 0 Å². The Labute approximate surface area is 174 Å². The van der Waals surface area contributed by atoms with Crippen LogP contribution in [0.25, 0.3) is 0 Å². The fourth-order valence-corrected chi connectivity index (χ4v) is 6.41. The summed E-state index contributed by atoms with van der Waals surface area (Å²) < 4.78 is 6.80. The molecule has 0 N–H and O–H groups in total.